The molecule has 242 valence electrons. The summed E-state index contributed by atoms with van der Waals surface area (Å²) in [7, 11) is -2.93. The number of halogens is 1. The Balaban J connectivity index is 0.00000180. The number of nitrogens with one attached hydrogen (secondary N) is 2. The molecular formula is C34H48BrN3O4S2. The lowest BCUT2D eigenvalue weighted by Gasteiger charge is -2.16. The van der Waals surface area contributed by atoms with Crippen LogP contribution in [0, 0.1) is 0 Å². The third-order valence-electron chi connectivity index (χ3n) is 5.62. The van der Waals surface area contributed by atoms with Crippen LogP contribution in [0.2, 0.25) is 0 Å². The fourth-order valence-electron chi connectivity index (χ4n) is 3.47. The van der Waals surface area contributed by atoms with Gasteiger partial charge in [0.25, 0.3) is 5.91 Å². The topological polar surface area (TPSA) is 118 Å². The number of allylic oxidation sites excluding steroid dienone is 4. The van der Waals surface area contributed by atoms with E-state index in [-0.39, 0.29) is 12.2 Å². The van der Waals surface area contributed by atoms with Crippen LogP contribution in [0.3, 0.4) is 0 Å². The Kier molecular flexibility index (Phi) is 21.1. The summed E-state index contributed by atoms with van der Waals surface area (Å²) in [6, 6.07) is 12.5. The number of hydrogen-bond acceptors (Lipinski definition) is 5. The summed E-state index contributed by atoms with van der Waals surface area (Å²) in [5, 5.41) is 10.9. The van der Waals surface area contributed by atoms with Crippen LogP contribution in [-0.4, -0.2) is 45.2 Å². The molecule has 7 nitrogen and oxygen atoms in total. The van der Waals surface area contributed by atoms with Crippen molar-refractivity contribution in [2.75, 3.05) is 11.5 Å². The van der Waals surface area contributed by atoms with Gasteiger partial charge in [-0.25, -0.2) is 4.21 Å². The standard InChI is InChI=1S/C26H28BrN3O4S.C6H14S.C2H6/c1-5-21(27)15-10-17(2)29-25(32)16-23(18(3)31)30-26(33)20-13-11-19(12-14-20)22-8-6-7-9-24(22)35(4,28)34;1-3-5-7-6-4-2;1-2/h5-15,23H,2,4,16H2,1,3H3,(H2,28,34)(H,29,32)(H,30,33);3-6H2,1-2H3;1-2H3/b15-10-,21-5+;;. The van der Waals surface area contributed by atoms with E-state index in [1.165, 1.54) is 31.3 Å². The minimum Gasteiger partial charge on any atom is -0.342 e. The Hall–Kier alpha value is -2.92. The van der Waals surface area contributed by atoms with E-state index in [0.717, 1.165) is 4.48 Å². The zero-order valence-electron chi connectivity index (χ0n) is 26.8. The number of nitrogens with two attached hydrogens (primary N) is 1. The molecule has 44 heavy (non-hydrogen) atoms. The van der Waals surface area contributed by atoms with Crippen molar-refractivity contribution in [3.63, 3.8) is 0 Å². The van der Waals surface area contributed by atoms with Crippen LogP contribution in [0.15, 0.2) is 88.4 Å². The molecule has 2 aromatic carbocycles. The molecule has 4 N–H and O–H groups in total. The van der Waals surface area contributed by atoms with Crippen LogP contribution in [-0.2, 0) is 19.3 Å². The maximum absolute atomic E-state index is 12.7. The zero-order valence-corrected chi connectivity index (χ0v) is 30.0. The predicted molar refractivity (Wildman–Crippen MR) is 195 cm³/mol. The first-order valence-corrected chi connectivity index (χ1v) is 18.3. The number of carbonyl (C=O) groups is 3. The normalized spacial score (nSPS) is 12.9. The Morgan fingerprint density at radius 1 is 1.02 bits per heavy atom. The molecular weight excluding hydrogens is 658 g/mol. The van der Waals surface area contributed by atoms with Crippen molar-refractivity contribution in [2.45, 2.75) is 71.7 Å². The molecule has 2 rings (SSSR count). The lowest BCUT2D eigenvalue weighted by atomic mass is 10.0. The Labute approximate surface area is 277 Å². The van der Waals surface area contributed by atoms with Gasteiger partial charge in [-0.15, -0.1) is 0 Å². The second-order valence-electron chi connectivity index (χ2n) is 9.33. The van der Waals surface area contributed by atoms with Crippen molar-refractivity contribution in [1.82, 2.24) is 10.6 Å². The molecule has 0 radical (unpaired) electrons. The van der Waals surface area contributed by atoms with Gasteiger partial charge < -0.3 is 10.6 Å². The third-order valence-corrected chi connectivity index (χ3v) is 8.84. The number of rotatable bonds is 14. The van der Waals surface area contributed by atoms with Crippen LogP contribution in [0.4, 0.5) is 0 Å². The molecule has 0 aromatic heterocycles. The Morgan fingerprint density at radius 3 is 2.09 bits per heavy atom. The fraction of sp³-hybridized carbons (Fsp3) is 0.353. The highest BCUT2D eigenvalue weighted by molar-refractivity contribution is 9.11. The summed E-state index contributed by atoms with van der Waals surface area (Å²) in [6.45, 7) is 15.4. The van der Waals surface area contributed by atoms with E-state index in [1.54, 1.807) is 60.7 Å². The van der Waals surface area contributed by atoms with Crippen molar-refractivity contribution in [3.8, 4) is 11.1 Å². The molecule has 2 aromatic rings. The molecule has 2 unspecified atom stereocenters. The molecule has 0 aliphatic rings. The number of thioether (sulfide) groups is 1. The Morgan fingerprint density at radius 2 is 1.59 bits per heavy atom. The van der Waals surface area contributed by atoms with E-state index in [0.29, 0.717) is 27.3 Å². The summed E-state index contributed by atoms with van der Waals surface area (Å²) in [5.74, 6) is 4.91. The average molecular weight is 707 g/mol. The largest absolute Gasteiger partial charge is 0.342 e. The van der Waals surface area contributed by atoms with E-state index in [1.807, 2.05) is 26.8 Å². The van der Waals surface area contributed by atoms with Gasteiger partial charge in [0.15, 0.2) is 5.78 Å². The van der Waals surface area contributed by atoms with Gasteiger partial charge in [0.2, 0.25) is 5.91 Å². The summed E-state index contributed by atoms with van der Waals surface area (Å²) in [6.07, 6.45) is 7.57. The molecule has 0 fully saturated rings. The average Bonchev–Trinajstić information content (AvgIpc) is 3.00. The minimum atomic E-state index is -2.93. The van der Waals surface area contributed by atoms with Gasteiger partial charge in [0, 0.05) is 15.7 Å². The van der Waals surface area contributed by atoms with E-state index in [9.17, 15) is 18.6 Å². The molecule has 0 bridgehead atoms. The predicted octanol–water partition coefficient (Wildman–Crippen LogP) is 7.43. The molecule has 0 spiro atoms. The SMILES string of the molecule is C=C(/C=C\C(Br)=C/C)NC(=O)CC(NC(=O)c1ccc(-c2ccccc2S(=C)(N)=O)cc1)C(C)=O.CC.CCCSCCC. The number of amides is 2. The summed E-state index contributed by atoms with van der Waals surface area (Å²) >= 11 is 5.37. The first-order chi connectivity index (χ1) is 20.8. The molecule has 0 aliphatic carbocycles. The maximum atomic E-state index is 12.7. The van der Waals surface area contributed by atoms with Gasteiger partial charge in [0.05, 0.1) is 27.1 Å². The molecule has 2 atom stereocenters. The molecule has 0 saturated heterocycles. The van der Waals surface area contributed by atoms with Crippen molar-refractivity contribution >= 4 is 60.9 Å². The first-order valence-electron chi connectivity index (χ1n) is 14.6. The highest BCUT2D eigenvalue weighted by atomic mass is 79.9. The third kappa shape index (κ3) is 16.2. The van der Waals surface area contributed by atoms with Crippen molar-refractivity contribution in [1.29, 1.82) is 0 Å². The van der Waals surface area contributed by atoms with Crippen LogP contribution in [0.5, 0.6) is 0 Å². The molecule has 2 amide bonds. The number of hydrogen-bond donors (Lipinski definition) is 3. The van der Waals surface area contributed by atoms with Gasteiger partial charge in [-0.05, 0) is 85.5 Å². The number of ketones is 1. The maximum Gasteiger partial charge on any atom is 0.251 e. The van der Waals surface area contributed by atoms with Gasteiger partial charge in [-0.3, -0.25) is 19.5 Å². The smallest absolute Gasteiger partial charge is 0.251 e. The highest BCUT2D eigenvalue weighted by Gasteiger charge is 2.22. The lowest BCUT2D eigenvalue weighted by molar-refractivity contribution is -0.125. The van der Waals surface area contributed by atoms with Crippen molar-refractivity contribution in [2.24, 2.45) is 5.14 Å². The van der Waals surface area contributed by atoms with Crippen LogP contribution in [0.1, 0.15) is 71.2 Å². The second kappa shape index (κ2) is 22.6. The highest BCUT2D eigenvalue weighted by Crippen LogP contribution is 2.26. The lowest BCUT2D eigenvalue weighted by Crippen LogP contribution is -2.43. The van der Waals surface area contributed by atoms with Crippen molar-refractivity contribution in [3.05, 3.63) is 89.1 Å². The Bertz CT molecular complexity index is 1380. The number of carbonyl (C=O) groups excluding carboxylic acids is 3. The van der Waals surface area contributed by atoms with Crippen LogP contribution in [0.25, 0.3) is 11.1 Å². The van der Waals surface area contributed by atoms with Gasteiger partial charge >= 0.3 is 0 Å². The molecule has 0 heterocycles. The van der Waals surface area contributed by atoms with E-state index < -0.39 is 27.6 Å². The van der Waals surface area contributed by atoms with Crippen LogP contribution < -0.4 is 15.8 Å². The number of Topliss-reactive ketones (excluding diaryl/α,β-unsaturated/α-hetero) is 1. The van der Waals surface area contributed by atoms with Gasteiger partial charge in [-0.1, -0.05) is 86.6 Å². The zero-order chi connectivity index (χ0) is 33.7. The monoisotopic (exact) mass is 705 g/mol. The minimum absolute atomic E-state index is 0.238. The summed E-state index contributed by atoms with van der Waals surface area (Å²) < 4.78 is 13.1. The van der Waals surface area contributed by atoms with Gasteiger partial charge in [0.1, 0.15) is 0 Å². The molecule has 0 saturated carbocycles. The van der Waals surface area contributed by atoms with Crippen molar-refractivity contribution < 1.29 is 18.6 Å². The summed E-state index contributed by atoms with van der Waals surface area (Å²) in [5.41, 5.74) is 2.00. The van der Waals surface area contributed by atoms with E-state index in [2.05, 4.69) is 64.6 Å². The molecule has 10 heteroatoms. The molecule has 0 aliphatic heterocycles. The van der Waals surface area contributed by atoms with Crippen LogP contribution >= 0.6 is 27.7 Å². The van der Waals surface area contributed by atoms with E-state index in [4.69, 9.17) is 5.14 Å². The summed E-state index contributed by atoms with van der Waals surface area (Å²) in [4.78, 5) is 37.6. The quantitative estimate of drug-likeness (QED) is 0.107. The second-order valence-corrected chi connectivity index (χ2v) is 13.4. The number of benzene rings is 2. The first kappa shape index (κ1) is 41.1. The fourth-order valence-corrected chi connectivity index (χ4v) is 5.25. The van der Waals surface area contributed by atoms with E-state index >= 15 is 0 Å². The van der Waals surface area contributed by atoms with Gasteiger partial charge in [-0.2, -0.15) is 11.8 Å².